The molecule has 0 bridgehead atoms. The molecule has 0 aliphatic carbocycles. The Morgan fingerprint density at radius 2 is 1.86 bits per heavy atom. The van der Waals surface area contributed by atoms with E-state index in [0.29, 0.717) is 18.1 Å². The molecule has 0 spiro atoms. The zero-order chi connectivity index (χ0) is 20.3. The number of ether oxygens (including phenoxy) is 1. The third-order valence-corrected chi connectivity index (χ3v) is 6.20. The monoisotopic (exact) mass is 414 g/mol. The molecule has 1 amide bonds. The predicted octanol–water partition coefficient (Wildman–Crippen LogP) is 3.98. The number of rotatable bonds is 6. The molecule has 0 aromatic heterocycles. The predicted molar refractivity (Wildman–Crippen MR) is 115 cm³/mol. The Morgan fingerprint density at radius 1 is 1.10 bits per heavy atom. The van der Waals surface area contributed by atoms with Crippen LogP contribution in [0.3, 0.4) is 0 Å². The summed E-state index contributed by atoms with van der Waals surface area (Å²) in [7, 11) is 0. The van der Waals surface area contributed by atoms with Gasteiger partial charge in [-0.3, -0.25) is 4.79 Å². The lowest BCUT2D eigenvalue weighted by atomic mass is 9.84. The minimum Gasteiger partial charge on any atom is -0.493 e. The Bertz CT molecular complexity index is 861. The topological polar surface area (TPSA) is 61.8 Å². The van der Waals surface area contributed by atoms with E-state index in [1.807, 2.05) is 42.5 Å². The summed E-state index contributed by atoms with van der Waals surface area (Å²) in [5.74, 6) is 0.941. The number of amides is 1. The first-order valence-corrected chi connectivity index (χ1v) is 10.7. The maximum atomic E-state index is 11.5. The van der Waals surface area contributed by atoms with Crippen molar-refractivity contribution in [2.24, 2.45) is 0 Å². The summed E-state index contributed by atoms with van der Waals surface area (Å²) in [6.07, 6.45) is 3.61. The highest BCUT2D eigenvalue weighted by Crippen LogP contribution is 2.34. The number of benzene rings is 2. The van der Waals surface area contributed by atoms with E-state index in [1.54, 1.807) is 0 Å². The van der Waals surface area contributed by atoms with Crippen LogP contribution in [-0.2, 0) is 16.8 Å². The molecule has 1 saturated heterocycles. The van der Waals surface area contributed by atoms with Gasteiger partial charge in [-0.15, -0.1) is 0 Å². The molecule has 5 nitrogen and oxygen atoms in total. The lowest BCUT2D eigenvalue weighted by Crippen LogP contribution is -2.43. The van der Waals surface area contributed by atoms with Crippen molar-refractivity contribution in [1.29, 1.82) is 0 Å². The maximum Gasteiger partial charge on any atom is 0.224 e. The Kier molecular flexibility index (Phi) is 6.09. The SMILES string of the molecule is O=C1CCc2c(cccc2OCCCN2CCC(O)(c3ccc(Cl)cc3)CC2)N1. The number of likely N-dealkylation sites (tertiary alicyclic amines) is 1. The Labute approximate surface area is 176 Å². The van der Waals surface area contributed by atoms with Crippen molar-refractivity contribution in [3.05, 3.63) is 58.6 Å². The van der Waals surface area contributed by atoms with Crippen molar-refractivity contribution < 1.29 is 14.6 Å². The number of fused-ring (bicyclic) bond motifs is 1. The summed E-state index contributed by atoms with van der Waals surface area (Å²) in [5, 5.41) is 14.6. The maximum absolute atomic E-state index is 11.5. The van der Waals surface area contributed by atoms with Gasteiger partial charge in [-0.25, -0.2) is 0 Å². The molecule has 0 unspecified atom stereocenters. The standard InChI is InChI=1S/C23H27ClN2O3/c24-18-7-5-17(6-8-18)23(28)11-14-26(15-12-23)13-2-16-29-21-4-1-3-20-19(21)9-10-22(27)25-20/h1,3-8,28H,2,9-16H2,(H,25,27). The number of anilines is 1. The molecule has 0 radical (unpaired) electrons. The molecule has 0 saturated carbocycles. The average Bonchev–Trinajstić information content (AvgIpc) is 2.73. The fraction of sp³-hybridized carbons (Fsp3) is 0.435. The van der Waals surface area contributed by atoms with Crippen LogP contribution < -0.4 is 10.1 Å². The number of carbonyl (C=O) groups excluding carboxylic acids is 1. The first kappa shape index (κ1) is 20.2. The van der Waals surface area contributed by atoms with Crippen LogP contribution in [0.4, 0.5) is 5.69 Å². The quantitative estimate of drug-likeness (QED) is 0.702. The molecule has 2 aliphatic rings. The summed E-state index contributed by atoms with van der Waals surface area (Å²) in [6, 6.07) is 13.3. The molecule has 2 N–H and O–H groups in total. The van der Waals surface area contributed by atoms with Crippen molar-refractivity contribution in [2.75, 3.05) is 31.6 Å². The summed E-state index contributed by atoms with van der Waals surface area (Å²) in [6.45, 7) is 3.32. The minimum atomic E-state index is -0.759. The van der Waals surface area contributed by atoms with Gasteiger partial charge >= 0.3 is 0 Å². The highest BCUT2D eigenvalue weighted by Gasteiger charge is 2.33. The molecule has 2 aliphatic heterocycles. The normalized spacial score (nSPS) is 18.8. The van der Waals surface area contributed by atoms with Gasteiger partial charge in [0.15, 0.2) is 0 Å². The highest BCUT2D eigenvalue weighted by molar-refractivity contribution is 6.30. The van der Waals surface area contributed by atoms with Gasteiger partial charge in [0, 0.05) is 42.3 Å². The van der Waals surface area contributed by atoms with Crippen LogP contribution in [0.15, 0.2) is 42.5 Å². The Hall–Kier alpha value is -2.08. The first-order valence-electron chi connectivity index (χ1n) is 10.3. The van der Waals surface area contributed by atoms with E-state index < -0.39 is 5.60 Å². The second-order valence-corrected chi connectivity index (χ2v) is 8.35. The van der Waals surface area contributed by atoms with Gasteiger partial charge in [-0.05, 0) is 55.5 Å². The van der Waals surface area contributed by atoms with E-state index >= 15 is 0 Å². The van der Waals surface area contributed by atoms with Crippen molar-refractivity contribution in [3.63, 3.8) is 0 Å². The zero-order valence-electron chi connectivity index (χ0n) is 16.5. The number of piperidine rings is 1. The van der Waals surface area contributed by atoms with Gasteiger partial charge in [0.25, 0.3) is 0 Å². The number of aliphatic hydroxyl groups is 1. The number of halogens is 1. The molecule has 2 aromatic carbocycles. The van der Waals surface area contributed by atoms with E-state index in [2.05, 4.69) is 10.2 Å². The van der Waals surface area contributed by atoms with Gasteiger partial charge in [0.2, 0.25) is 5.91 Å². The lowest BCUT2D eigenvalue weighted by molar-refractivity contribution is -0.116. The third kappa shape index (κ3) is 4.74. The van der Waals surface area contributed by atoms with Crippen molar-refractivity contribution in [3.8, 4) is 5.75 Å². The number of carbonyl (C=O) groups is 1. The summed E-state index contributed by atoms with van der Waals surface area (Å²) in [4.78, 5) is 13.9. The van der Waals surface area contributed by atoms with Crippen LogP contribution in [-0.4, -0.2) is 42.2 Å². The fourth-order valence-corrected chi connectivity index (χ4v) is 4.32. The second kappa shape index (κ2) is 8.74. The van der Waals surface area contributed by atoms with Gasteiger partial charge in [0.05, 0.1) is 12.2 Å². The second-order valence-electron chi connectivity index (χ2n) is 7.91. The molecular weight excluding hydrogens is 388 g/mol. The smallest absolute Gasteiger partial charge is 0.224 e. The molecular formula is C23H27ClN2O3. The molecule has 2 heterocycles. The van der Waals surface area contributed by atoms with Gasteiger partial charge in [0.1, 0.15) is 5.75 Å². The van der Waals surface area contributed by atoms with E-state index in [-0.39, 0.29) is 5.91 Å². The van der Waals surface area contributed by atoms with Gasteiger partial charge in [-0.2, -0.15) is 0 Å². The average molecular weight is 415 g/mol. The molecule has 4 rings (SSSR count). The number of nitrogens with zero attached hydrogens (tertiary/aromatic N) is 1. The number of hydrogen-bond acceptors (Lipinski definition) is 4. The Balaban J connectivity index is 1.23. The summed E-state index contributed by atoms with van der Waals surface area (Å²) < 4.78 is 6.01. The molecule has 0 atom stereocenters. The van der Waals surface area contributed by atoms with Crippen LogP contribution in [0.5, 0.6) is 5.75 Å². The van der Waals surface area contributed by atoms with E-state index in [9.17, 15) is 9.90 Å². The first-order chi connectivity index (χ1) is 14.0. The van der Waals surface area contributed by atoms with Crippen LogP contribution in [0.2, 0.25) is 5.02 Å². The molecule has 2 aromatic rings. The minimum absolute atomic E-state index is 0.0679. The fourth-order valence-electron chi connectivity index (χ4n) is 4.19. The molecule has 154 valence electrons. The van der Waals surface area contributed by atoms with Crippen LogP contribution >= 0.6 is 11.6 Å². The van der Waals surface area contributed by atoms with Crippen molar-refractivity contribution >= 4 is 23.2 Å². The molecule has 1 fully saturated rings. The van der Waals surface area contributed by atoms with Crippen molar-refractivity contribution in [1.82, 2.24) is 4.90 Å². The third-order valence-electron chi connectivity index (χ3n) is 5.95. The highest BCUT2D eigenvalue weighted by atomic mass is 35.5. The van der Waals surface area contributed by atoms with Gasteiger partial charge in [-0.1, -0.05) is 29.8 Å². The largest absolute Gasteiger partial charge is 0.493 e. The van der Waals surface area contributed by atoms with E-state index in [4.69, 9.17) is 16.3 Å². The number of nitrogens with one attached hydrogen (secondary N) is 1. The summed E-state index contributed by atoms with van der Waals surface area (Å²) in [5.41, 5.74) is 2.16. The Morgan fingerprint density at radius 3 is 2.62 bits per heavy atom. The van der Waals surface area contributed by atoms with Gasteiger partial charge < -0.3 is 20.1 Å². The molecule has 6 heteroatoms. The van der Waals surface area contributed by atoms with Crippen LogP contribution in [0.1, 0.15) is 36.8 Å². The summed E-state index contributed by atoms with van der Waals surface area (Å²) >= 11 is 5.96. The van der Waals surface area contributed by atoms with Crippen LogP contribution in [0.25, 0.3) is 0 Å². The lowest BCUT2D eigenvalue weighted by Gasteiger charge is -2.38. The van der Waals surface area contributed by atoms with E-state index in [1.165, 1.54) is 0 Å². The van der Waals surface area contributed by atoms with Crippen LogP contribution in [0, 0.1) is 0 Å². The molecule has 29 heavy (non-hydrogen) atoms. The number of hydrogen-bond donors (Lipinski definition) is 2. The van der Waals surface area contributed by atoms with E-state index in [0.717, 1.165) is 67.9 Å². The van der Waals surface area contributed by atoms with Crippen molar-refractivity contribution in [2.45, 2.75) is 37.7 Å². The zero-order valence-corrected chi connectivity index (χ0v) is 17.3.